The van der Waals surface area contributed by atoms with Crippen LogP contribution >= 0.6 is 0 Å². The highest BCUT2D eigenvalue weighted by Crippen LogP contribution is 2.56. The third kappa shape index (κ3) is 6.05. The van der Waals surface area contributed by atoms with Crippen LogP contribution in [0.4, 0.5) is 0 Å². The molecule has 2 aliphatic carbocycles. The fraction of sp³-hybridized carbons (Fsp3) is 0.700. The van der Waals surface area contributed by atoms with E-state index in [2.05, 4.69) is 6.58 Å². The van der Waals surface area contributed by atoms with Gasteiger partial charge in [-0.2, -0.15) is 0 Å². The fourth-order valence-electron chi connectivity index (χ4n) is 6.54. The van der Waals surface area contributed by atoms with E-state index in [9.17, 15) is 29.1 Å². The van der Waals surface area contributed by atoms with Crippen LogP contribution in [0, 0.1) is 23.2 Å². The minimum Gasteiger partial charge on any atom is -0.462 e. The SMILES string of the molecule is C=C1C[C@@H](OC(=O)C(C)C)[C@@H](OC(C)=O)[C@@]2(C)[C@H](OC(C)=O)CC/C(C)=C\[C@H]3OC(=O)[C@@H](C)[C@]3(O)[C@H](OC(C)=O)[C@H]12. The zero-order valence-electron chi connectivity index (χ0n) is 25.1. The van der Waals surface area contributed by atoms with Crippen molar-refractivity contribution < 1.29 is 52.8 Å². The van der Waals surface area contributed by atoms with Gasteiger partial charge in [0.05, 0.1) is 17.3 Å². The number of ether oxygens (including phenoxy) is 5. The van der Waals surface area contributed by atoms with Crippen LogP contribution in [0.25, 0.3) is 0 Å². The van der Waals surface area contributed by atoms with Gasteiger partial charge in [-0.1, -0.05) is 38.5 Å². The Morgan fingerprint density at radius 2 is 1.59 bits per heavy atom. The number of carbonyl (C=O) groups excluding carboxylic acids is 5. The predicted octanol–water partition coefficient (Wildman–Crippen LogP) is 2.96. The summed E-state index contributed by atoms with van der Waals surface area (Å²) in [6.45, 7) is 16.1. The summed E-state index contributed by atoms with van der Waals surface area (Å²) in [5.41, 5.74) is -2.42. The maximum absolute atomic E-state index is 12.9. The topological polar surface area (TPSA) is 152 Å². The van der Waals surface area contributed by atoms with Crippen molar-refractivity contribution in [1.82, 2.24) is 0 Å². The molecule has 41 heavy (non-hydrogen) atoms. The van der Waals surface area contributed by atoms with Gasteiger partial charge in [0.25, 0.3) is 0 Å². The van der Waals surface area contributed by atoms with Gasteiger partial charge in [-0.05, 0) is 32.8 Å². The molecule has 1 saturated carbocycles. The Hall–Kier alpha value is -3.21. The van der Waals surface area contributed by atoms with Crippen LogP contribution in [-0.4, -0.2) is 71.1 Å². The van der Waals surface area contributed by atoms with Gasteiger partial charge >= 0.3 is 29.8 Å². The largest absolute Gasteiger partial charge is 0.462 e. The number of hydrogen-bond donors (Lipinski definition) is 1. The number of fused-ring (bicyclic) bond motifs is 2. The van der Waals surface area contributed by atoms with Crippen molar-refractivity contribution in [2.24, 2.45) is 23.2 Å². The molecule has 0 aromatic heterocycles. The van der Waals surface area contributed by atoms with Crippen LogP contribution < -0.4 is 0 Å². The van der Waals surface area contributed by atoms with E-state index in [-0.39, 0.29) is 12.8 Å². The van der Waals surface area contributed by atoms with Gasteiger partial charge in [-0.25, -0.2) is 0 Å². The molecule has 1 saturated heterocycles. The normalized spacial score (nSPS) is 38.4. The molecule has 0 radical (unpaired) electrons. The van der Waals surface area contributed by atoms with E-state index in [0.29, 0.717) is 12.0 Å². The fourth-order valence-corrected chi connectivity index (χ4v) is 6.54. The summed E-state index contributed by atoms with van der Waals surface area (Å²) in [6.07, 6.45) is -3.65. The molecule has 0 spiro atoms. The Morgan fingerprint density at radius 1 is 1.02 bits per heavy atom. The molecule has 228 valence electrons. The molecule has 0 bridgehead atoms. The van der Waals surface area contributed by atoms with Crippen LogP contribution in [0.5, 0.6) is 0 Å². The number of esters is 5. The van der Waals surface area contributed by atoms with Crippen molar-refractivity contribution in [2.75, 3.05) is 0 Å². The minimum absolute atomic E-state index is 0.0139. The molecule has 11 nitrogen and oxygen atoms in total. The number of hydrogen-bond acceptors (Lipinski definition) is 11. The van der Waals surface area contributed by atoms with E-state index >= 15 is 0 Å². The van der Waals surface area contributed by atoms with E-state index in [1.807, 2.05) is 0 Å². The molecule has 1 N–H and O–H groups in total. The summed E-state index contributed by atoms with van der Waals surface area (Å²) in [4.78, 5) is 63.3. The smallest absolute Gasteiger partial charge is 0.312 e. The summed E-state index contributed by atoms with van der Waals surface area (Å²) in [6, 6.07) is 0. The maximum atomic E-state index is 12.9. The quantitative estimate of drug-likeness (QED) is 0.291. The van der Waals surface area contributed by atoms with Gasteiger partial charge in [0.2, 0.25) is 0 Å². The molecule has 2 fully saturated rings. The number of aliphatic hydroxyl groups is 1. The Labute approximate surface area is 240 Å². The van der Waals surface area contributed by atoms with Crippen molar-refractivity contribution in [3.63, 3.8) is 0 Å². The maximum Gasteiger partial charge on any atom is 0.312 e. The Bertz CT molecular complexity index is 1140. The lowest BCUT2D eigenvalue weighted by Crippen LogP contribution is -2.68. The number of allylic oxidation sites excluding steroid dienone is 1. The third-order valence-electron chi connectivity index (χ3n) is 8.59. The molecule has 0 aromatic rings. The molecule has 3 rings (SSSR count). The minimum atomic E-state index is -2.07. The molecular formula is C30H42O11. The lowest BCUT2D eigenvalue weighted by atomic mass is 9.54. The lowest BCUT2D eigenvalue weighted by molar-refractivity contribution is -0.236. The van der Waals surface area contributed by atoms with Gasteiger partial charge in [0.15, 0.2) is 11.7 Å². The Kier molecular flexibility index (Phi) is 9.42. The predicted molar refractivity (Wildman–Crippen MR) is 144 cm³/mol. The molecular weight excluding hydrogens is 536 g/mol. The molecule has 0 unspecified atom stereocenters. The standard InChI is InChI=1S/C30H42O11/c1-14(2)27(34)40-21-13-16(4)24-26(39-20(8)33)30(36)17(5)28(35)41-23(30)12-15(3)10-11-22(37-18(6)31)29(24,9)25(21)38-19(7)32/h12,14,17,21-26,36H,4,10-11,13H2,1-3,5-9H3/b15-12-/t17-,21-,22-,23-,24+,25-,26-,29+,30-/m1/s1. The summed E-state index contributed by atoms with van der Waals surface area (Å²) >= 11 is 0. The second kappa shape index (κ2) is 12.0. The van der Waals surface area contributed by atoms with Crippen LogP contribution in [0.1, 0.15) is 74.7 Å². The van der Waals surface area contributed by atoms with Gasteiger partial charge < -0.3 is 28.8 Å². The molecule has 9 atom stereocenters. The van der Waals surface area contributed by atoms with Crippen molar-refractivity contribution in [3.8, 4) is 0 Å². The lowest BCUT2D eigenvalue weighted by Gasteiger charge is -2.57. The first-order valence-electron chi connectivity index (χ1n) is 13.9. The first kappa shape index (κ1) is 32.3. The van der Waals surface area contributed by atoms with Crippen molar-refractivity contribution in [1.29, 1.82) is 0 Å². The summed E-state index contributed by atoms with van der Waals surface area (Å²) < 4.78 is 29.1. The average molecular weight is 579 g/mol. The highest BCUT2D eigenvalue weighted by Gasteiger charge is 2.69. The van der Waals surface area contributed by atoms with Gasteiger partial charge in [0.1, 0.15) is 24.4 Å². The summed E-state index contributed by atoms with van der Waals surface area (Å²) in [7, 11) is 0. The zero-order chi connectivity index (χ0) is 31.0. The number of rotatable bonds is 5. The van der Waals surface area contributed by atoms with Crippen molar-refractivity contribution in [3.05, 3.63) is 23.8 Å². The molecule has 1 heterocycles. The first-order chi connectivity index (χ1) is 18.9. The van der Waals surface area contributed by atoms with Gasteiger partial charge in [0, 0.05) is 33.1 Å². The second-order valence-electron chi connectivity index (χ2n) is 12.0. The first-order valence-corrected chi connectivity index (χ1v) is 13.9. The summed E-state index contributed by atoms with van der Waals surface area (Å²) in [5, 5.41) is 12.4. The highest BCUT2D eigenvalue weighted by molar-refractivity contribution is 5.78. The average Bonchev–Trinajstić information content (AvgIpc) is 3.06. The van der Waals surface area contributed by atoms with Gasteiger partial charge in [-0.3, -0.25) is 24.0 Å². The third-order valence-corrected chi connectivity index (χ3v) is 8.59. The highest BCUT2D eigenvalue weighted by atomic mass is 16.6. The monoisotopic (exact) mass is 578 g/mol. The molecule has 11 heteroatoms. The van der Waals surface area contributed by atoms with Crippen LogP contribution in [0.15, 0.2) is 23.8 Å². The van der Waals surface area contributed by atoms with Gasteiger partial charge in [-0.15, -0.1) is 0 Å². The zero-order valence-corrected chi connectivity index (χ0v) is 25.1. The van der Waals surface area contributed by atoms with Crippen LogP contribution in [0.3, 0.4) is 0 Å². The van der Waals surface area contributed by atoms with E-state index in [1.165, 1.54) is 27.7 Å². The van der Waals surface area contributed by atoms with E-state index in [1.54, 1.807) is 33.8 Å². The van der Waals surface area contributed by atoms with Crippen LogP contribution in [-0.2, 0) is 47.7 Å². The van der Waals surface area contributed by atoms with Crippen molar-refractivity contribution in [2.45, 2.75) is 111 Å². The van der Waals surface area contributed by atoms with E-state index < -0.39 is 89.1 Å². The van der Waals surface area contributed by atoms with Crippen molar-refractivity contribution >= 4 is 29.8 Å². The number of carbonyl (C=O) groups is 5. The Balaban J connectivity index is 2.38. The van der Waals surface area contributed by atoms with Crippen LogP contribution in [0.2, 0.25) is 0 Å². The molecule has 3 aliphatic rings. The van der Waals surface area contributed by atoms with E-state index in [0.717, 1.165) is 5.57 Å². The Morgan fingerprint density at radius 3 is 2.12 bits per heavy atom. The molecule has 0 aromatic carbocycles. The molecule has 0 amide bonds. The molecule has 1 aliphatic heterocycles. The second-order valence-corrected chi connectivity index (χ2v) is 12.0. The summed E-state index contributed by atoms with van der Waals surface area (Å²) in [5.74, 6) is -5.93. The van der Waals surface area contributed by atoms with E-state index in [4.69, 9.17) is 23.7 Å².